The van der Waals surface area contributed by atoms with E-state index in [2.05, 4.69) is 10.6 Å². The van der Waals surface area contributed by atoms with Crippen LogP contribution in [-0.2, 0) is 16.1 Å². The van der Waals surface area contributed by atoms with E-state index < -0.39 is 5.54 Å². The number of amides is 3. The monoisotopic (exact) mass is 417 g/mol. The lowest BCUT2D eigenvalue weighted by molar-refractivity contribution is -0.136. The fourth-order valence-electron chi connectivity index (χ4n) is 2.58. The molecule has 8 heteroatoms. The number of ether oxygens (including phenoxy) is 1. The minimum Gasteiger partial charge on any atom is -0.497 e. The van der Waals surface area contributed by atoms with Crippen LogP contribution in [0.15, 0.2) is 41.8 Å². The topological polar surface area (TPSA) is 87.7 Å². The van der Waals surface area contributed by atoms with Gasteiger partial charge in [0.2, 0.25) is 11.8 Å². The molecular formula is C21H27N3O4S. The van der Waals surface area contributed by atoms with Gasteiger partial charge in [-0.3, -0.25) is 14.4 Å². The average molecular weight is 418 g/mol. The predicted octanol–water partition coefficient (Wildman–Crippen LogP) is 2.43. The first-order chi connectivity index (χ1) is 13.7. The first-order valence-corrected chi connectivity index (χ1v) is 10.1. The quantitative estimate of drug-likeness (QED) is 0.691. The molecule has 1 aromatic heterocycles. The van der Waals surface area contributed by atoms with Crippen LogP contribution in [0.25, 0.3) is 0 Å². The molecule has 0 saturated heterocycles. The molecule has 2 rings (SSSR count). The van der Waals surface area contributed by atoms with E-state index in [1.54, 1.807) is 36.8 Å². The number of carbonyl (C=O) groups excluding carboxylic acids is 3. The highest BCUT2D eigenvalue weighted by atomic mass is 32.1. The number of hydrogen-bond acceptors (Lipinski definition) is 5. The van der Waals surface area contributed by atoms with Crippen LogP contribution in [0.2, 0.25) is 0 Å². The third-order valence-electron chi connectivity index (χ3n) is 3.88. The van der Waals surface area contributed by atoms with Gasteiger partial charge in [0.25, 0.3) is 5.91 Å². The van der Waals surface area contributed by atoms with E-state index in [0.29, 0.717) is 10.6 Å². The molecule has 1 heterocycles. The van der Waals surface area contributed by atoms with Crippen LogP contribution in [-0.4, -0.2) is 48.4 Å². The molecule has 0 unspecified atom stereocenters. The zero-order chi connectivity index (χ0) is 21.4. The summed E-state index contributed by atoms with van der Waals surface area (Å²) in [6, 6.07) is 10.7. The molecule has 0 aliphatic heterocycles. The maximum absolute atomic E-state index is 12.8. The Hall–Kier alpha value is -2.87. The molecule has 0 bridgehead atoms. The third kappa shape index (κ3) is 7.57. The van der Waals surface area contributed by atoms with E-state index >= 15 is 0 Å². The maximum atomic E-state index is 12.8. The molecular weight excluding hydrogens is 390 g/mol. The number of nitrogens with zero attached hydrogens (tertiary/aromatic N) is 1. The minimum atomic E-state index is -0.403. The van der Waals surface area contributed by atoms with Crippen molar-refractivity contribution < 1.29 is 19.1 Å². The van der Waals surface area contributed by atoms with Crippen LogP contribution in [0.4, 0.5) is 0 Å². The van der Waals surface area contributed by atoms with Crippen LogP contribution in [0, 0.1) is 0 Å². The zero-order valence-electron chi connectivity index (χ0n) is 17.2. The molecule has 2 N–H and O–H groups in total. The Morgan fingerprint density at radius 3 is 2.34 bits per heavy atom. The van der Waals surface area contributed by atoms with E-state index in [1.807, 2.05) is 32.9 Å². The largest absolute Gasteiger partial charge is 0.497 e. The van der Waals surface area contributed by atoms with Gasteiger partial charge < -0.3 is 20.3 Å². The standard InChI is InChI=1S/C21H27N3O4S/c1-21(2,3)23-18(25)14-24(13-15-7-9-16(28-4)10-8-15)19(26)12-22-20(27)17-6-5-11-29-17/h5-11H,12-14H2,1-4H3,(H,22,27)(H,23,25). The van der Waals surface area contributed by atoms with Crippen molar-refractivity contribution in [2.24, 2.45) is 0 Å². The molecule has 156 valence electrons. The lowest BCUT2D eigenvalue weighted by Crippen LogP contribution is -2.48. The second-order valence-electron chi connectivity index (χ2n) is 7.56. The van der Waals surface area contributed by atoms with Crippen LogP contribution in [0.5, 0.6) is 5.75 Å². The smallest absolute Gasteiger partial charge is 0.261 e. The Kier molecular flexibility index (Phi) is 7.78. The van der Waals surface area contributed by atoms with Gasteiger partial charge in [-0.25, -0.2) is 0 Å². The van der Waals surface area contributed by atoms with Crippen LogP contribution < -0.4 is 15.4 Å². The molecule has 3 amide bonds. The molecule has 1 aromatic carbocycles. The van der Waals surface area contributed by atoms with Crippen molar-refractivity contribution in [3.05, 3.63) is 52.2 Å². The van der Waals surface area contributed by atoms with Crippen molar-refractivity contribution in [1.29, 1.82) is 0 Å². The summed E-state index contributed by atoms with van der Waals surface area (Å²) in [7, 11) is 1.58. The Morgan fingerprint density at radius 1 is 1.10 bits per heavy atom. The van der Waals surface area contributed by atoms with Gasteiger partial charge >= 0.3 is 0 Å². The number of thiophene rings is 1. The molecule has 0 fully saturated rings. The number of nitrogens with one attached hydrogen (secondary N) is 2. The molecule has 0 aliphatic rings. The van der Waals surface area contributed by atoms with Gasteiger partial charge in [-0.15, -0.1) is 11.3 Å². The highest BCUT2D eigenvalue weighted by Gasteiger charge is 2.21. The summed E-state index contributed by atoms with van der Waals surface area (Å²) >= 11 is 1.30. The molecule has 29 heavy (non-hydrogen) atoms. The van der Waals surface area contributed by atoms with Crippen molar-refractivity contribution in [2.45, 2.75) is 32.9 Å². The Morgan fingerprint density at radius 2 is 1.79 bits per heavy atom. The van der Waals surface area contributed by atoms with E-state index in [4.69, 9.17) is 4.74 Å². The second-order valence-corrected chi connectivity index (χ2v) is 8.50. The predicted molar refractivity (Wildman–Crippen MR) is 113 cm³/mol. The average Bonchev–Trinajstić information content (AvgIpc) is 3.19. The number of methoxy groups -OCH3 is 1. The zero-order valence-corrected chi connectivity index (χ0v) is 18.0. The minimum absolute atomic E-state index is 0.100. The normalized spacial score (nSPS) is 10.9. The lowest BCUT2D eigenvalue weighted by atomic mass is 10.1. The van der Waals surface area contributed by atoms with Crippen molar-refractivity contribution in [2.75, 3.05) is 20.2 Å². The molecule has 0 aliphatic carbocycles. The third-order valence-corrected chi connectivity index (χ3v) is 4.75. The molecule has 0 radical (unpaired) electrons. The summed E-state index contributed by atoms with van der Waals surface area (Å²) in [5, 5.41) is 7.27. The summed E-state index contributed by atoms with van der Waals surface area (Å²) in [6.45, 7) is 5.59. The van der Waals surface area contributed by atoms with Crippen molar-refractivity contribution >= 4 is 29.1 Å². The summed E-state index contributed by atoms with van der Waals surface area (Å²) in [5.74, 6) is -0.198. The fourth-order valence-corrected chi connectivity index (χ4v) is 3.22. The summed E-state index contributed by atoms with van der Waals surface area (Å²) in [5.41, 5.74) is 0.451. The Labute approximate surface area is 175 Å². The number of rotatable bonds is 8. The highest BCUT2D eigenvalue weighted by molar-refractivity contribution is 7.12. The summed E-state index contributed by atoms with van der Waals surface area (Å²) < 4.78 is 5.15. The first kappa shape index (κ1) is 22.4. The Balaban J connectivity index is 2.06. The van der Waals surface area contributed by atoms with Gasteiger partial charge in [0.1, 0.15) is 5.75 Å². The highest BCUT2D eigenvalue weighted by Crippen LogP contribution is 2.13. The van der Waals surface area contributed by atoms with Crippen molar-refractivity contribution in [3.8, 4) is 5.75 Å². The maximum Gasteiger partial charge on any atom is 0.261 e. The van der Waals surface area contributed by atoms with Crippen LogP contribution in [0.3, 0.4) is 0 Å². The van der Waals surface area contributed by atoms with E-state index in [9.17, 15) is 14.4 Å². The van der Waals surface area contributed by atoms with Gasteiger partial charge in [-0.2, -0.15) is 0 Å². The fraction of sp³-hybridized carbons (Fsp3) is 0.381. The summed E-state index contributed by atoms with van der Waals surface area (Å²) in [4.78, 5) is 39.2. The second kappa shape index (κ2) is 10.1. The van der Waals surface area contributed by atoms with Gasteiger partial charge in [-0.05, 0) is 49.9 Å². The van der Waals surface area contributed by atoms with Crippen molar-refractivity contribution in [1.82, 2.24) is 15.5 Å². The molecule has 0 spiro atoms. The van der Waals surface area contributed by atoms with Crippen LogP contribution >= 0.6 is 11.3 Å². The number of hydrogen-bond donors (Lipinski definition) is 2. The van der Waals surface area contributed by atoms with E-state index in [-0.39, 0.29) is 37.4 Å². The molecule has 0 saturated carbocycles. The molecule has 0 atom stereocenters. The number of carbonyl (C=O) groups is 3. The van der Waals surface area contributed by atoms with Gasteiger partial charge in [-0.1, -0.05) is 18.2 Å². The van der Waals surface area contributed by atoms with E-state index in [0.717, 1.165) is 5.56 Å². The number of benzene rings is 1. The Bertz CT molecular complexity index is 827. The lowest BCUT2D eigenvalue weighted by Gasteiger charge is -2.26. The molecule has 2 aromatic rings. The van der Waals surface area contributed by atoms with Gasteiger partial charge in [0.15, 0.2) is 0 Å². The molecule has 7 nitrogen and oxygen atoms in total. The SMILES string of the molecule is COc1ccc(CN(CC(=O)NC(C)(C)C)C(=O)CNC(=O)c2cccs2)cc1. The van der Waals surface area contributed by atoms with Crippen LogP contribution in [0.1, 0.15) is 36.0 Å². The van der Waals surface area contributed by atoms with Gasteiger partial charge in [0.05, 0.1) is 25.1 Å². The van der Waals surface area contributed by atoms with Gasteiger partial charge in [0, 0.05) is 12.1 Å². The summed E-state index contributed by atoms with van der Waals surface area (Å²) in [6.07, 6.45) is 0. The van der Waals surface area contributed by atoms with E-state index in [1.165, 1.54) is 16.2 Å². The first-order valence-electron chi connectivity index (χ1n) is 9.21. The van der Waals surface area contributed by atoms with Crippen molar-refractivity contribution in [3.63, 3.8) is 0 Å².